The maximum Gasteiger partial charge on any atom is 0.283 e. The molecule has 5 rings (SSSR count). The number of nitrogens with zero attached hydrogens (tertiary/aromatic N) is 2. The van der Waals surface area contributed by atoms with E-state index < -0.39 is 11.8 Å². The fourth-order valence-electron chi connectivity index (χ4n) is 4.48. The molecule has 0 radical (unpaired) electrons. The Labute approximate surface area is 229 Å². The van der Waals surface area contributed by atoms with Crippen molar-refractivity contribution in [2.24, 2.45) is 0 Å². The average Bonchev–Trinajstić information content (AvgIpc) is 3.53. The molecule has 0 spiro atoms. The van der Waals surface area contributed by atoms with Gasteiger partial charge < -0.3 is 20.3 Å². The molecule has 3 aromatic rings. The molecule has 0 unspecified atom stereocenters. The highest BCUT2D eigenvalue weighted by Crippen LogP contribution is 2.37. The highest BCUT2D eigenvalue weighted by Gasteiger charge is 2.40. The number of nitrogens with one attached hydrogen (secondary N) is 2. The van der Waals surface area contributed by atoms with Crippen molar-refractivity contribution in [2.75, 3.05) is 40.6 Å². The van der Waals surface area contributed by atoms with Gasteiger partial charge in [-0.25, -0.2) is 4.90 Å². The van der Waals surface area contributed by atoms with Gasteiger partial charge in [0.1, 0.15) is 16.5 Å². The molecule has 2 heterocycles. The minimum Gasteiger partial charge on any atom is -0.495 e. The predicted octanol–water partition coefficient (Wildman–Crippen LogP) is 5.64. The zero-order chi connectivity index (χ0) is 26.8. The van der Waals surface area contributed by atoms with Crippen LogP contribution in [0.1, 0.15) is 23.2 Å². The molecule has 8 nitrogen and oxygen atoms in total. The van der Waals surface area contributed by atoms with Crippen molar-refractivity contribution in [1.29, 1.82) is 0 Å². The van der Waals surface area contributed by atoms with Gasteiger partial charge in [-0.3, -0.25) is 14.4 Å². The van der Waals surface area contributed by atoms with Crippen LogP contribution in [0.15, 0.2) is 77.5 Å². The Morgan fingerprint density at radius 3 is 2.34 bits per heavy atom. The zero-order valence-corrected chi connectivity index (χ0v) is 22.0. The van der Waals surface area contributed by atoms with E-state index in [2.05, 4.69) is 15.5 Å². The molecule has 10 heteroatoms. The second-order valence-electron chi connectivity index (χ2n) is 8.85. The number of anilines is 4. The van der Waals surface area contributed by atoms with Crippen LogP contribution in [0.3, 0.4) is 0 Å². The summed E-state index contributed by atoms with van der Waals surface area (Å²) in [5.41, 5.74) is 2.64. The van der Waals surface area contributed by atoms with Crippen LogP contribution in [-0.4, -0.2) is 37.9 Å². The quantitative estimate of drug-likeness (QED) is 0.370. The molecule has 38 heavy (non-hydrogen) atoms. The van der Waals surface area contributed by atoms with E-state index in [0.29, 0.717) is 22.0 Å². The number of imide groups is 1. The molecule has 194 valence electrons. The first-order valence-electron chi connectivity index (χ1n) is 12.0. The molecular weight excluding hydrogens is 527 g/mol. The Bertz CT molecular complexity index is 1450. The topological polar surface area (TPSA) is 91.0 Å². The van der Waals surface area contributed by atoms with Gasteiger partial charge in [-0.1, -0.05) is 29.3 Å². The molecule has 3 aromatic carbocycles. The van der Waals surface area contributed by atoms with Crippen molar-refractivity contribution in [3.8, 4) is 5.75 Å². The smallest absolute Gasteiger partial charge is 0.283 e. The van der Waals surface area contributed by atoms with Crippen molar-refractivity contribution in [1.82, 2.24) is 0 Å². The Hall–Kier alpha value is -4.01. The number of methoxy groups -OCH3 is 1. The predicted molar refractivity (Wildman–Crippen MR) is 149 cm³/mol. The van der Waals surface area contributed by atoms with E-state index in [1.807, 2.05) is 24.3 Å². The molecule has 3 amide bonds. The van der Waals surface area contributed by atoms with Gasteiger partial charge in [0.25, 0.3) is 17.7 Å². The SMILES string of the molecule is COc1ccc(Cl)cc1N1C(=O)C(Cl)=C(Nc2cccc(C(=O)Nc3ccc(N4CCCC4)cc3)c2)C1=O. The maximum absolute atomic E-state index is 13.2. The van der Waals surface area contributed by atoms with Gasteiger partial charge in [-0.15, -0.1) is 0 Å². The number of amides is 3. The third-order valence-corrected chi connectivity index (χ3v) is 6.99. The van der Waals surface area contributed by atoms with Crippen LogP contribution in [0.2, 0.25) is 5.02 Å². The van der Waals surface area contributed by atoms with Gasteiger partial charge in [0.05, 0.1) is 12.8 Å². The summed E-state index contributed by atoms with van der Waals surface area (Å²) in [4.78, 5) is 42.2. The lowest BCUT2D eigenvalue weighted by Crippen LogP contribution is -2.32. The summed E-state index contributed by atoms with van der Waals surface area (Å²) < 4.78 is 5.29. The Kier molecular flexibility index (Phi) is 7.26. The average molecular weight is 551 g/mol. The Morgan fingerprint density at radius 1 is 0.895 bits per heavy atom. The number of ether oxygens (including phenoxy) is 1. The molecule has 2 aliphatic heterocycles. The van der Waals surface area contributed by atoms with Gasteiger partial charge in [-0.2, -0.15) is 0 Å². The second-order valence-corrected chi connectivity index (χ2v) is 9.67. The van der Waals surface area contributed by atoms with Gasteiger partial charge >= 0.3 is 0 Å². The fraction of sp³-hybridized carbons (Fsp3) is 0.179. The lowest BCUT2D eigenvalue weighted by Gasteiger charge is -2.18. The number of hydrogen-bond donors (Lipinski definition) is 2. The summed E-state index contributed by atoms with van der Waals surface area (Å²) in [6.45, 7) is 2.09. The molecule has 1 saturated heterocycles. The molecule has 0 aromatic heterocycles. The third-order valence-electron chi connectivity index (χ3n) is 6.40. The largest absolute Gasteiger partial charge is 0.495 e. The van der Waals surface area contributed by atoms with Crippen LogP contribution in [-0.2, 0) is 9.59 Å². The van der Waals surface area contributed by atoms with Gasteiger partial charge in [-0.05, 0) is 73.5 Å². The molecule has 0 saturated carbocycles. The molecule has 2 aliphatic rings. The van der Waals surface area contributed by atoms with Crippen molar-refractivity contribution in [3.05, 3.63) is 88.0 Å². The Morgan fingerprint density at radius 2 is 1.63 bits per heavy atom. The second kappa shape index (κ2) is 10.8. The van der Waals surface area contributed by atoms with Gasteiger partial charge in [0.2, 0.25) is 0 Å². The summed E-state index contributed by atoms with van der Waals surface area (Å²) in [5.74, 6) is -1.42. The van der Waals surface area contributed by atoms with Crippen LogP contribution in [0, 0.1) is 0 Å². The highest BCUT2D eigenvalue weighted by atomic mass is 35.5. The van der Waals surface area contributed by atoms with Crippen molar-refractivity contribution in [3.63, 3.8) is 0 Å². The van der Waals surface area contributed by atoms with E-state index in [-0.39, 0.29) is 28.1 Å². The van der Waals surface area contributed by atoms with E-state index in [1.54, 1.807) is 36.4 Å². The van der Waals surface area contributed by atoms with E-state index in [0.717, 1.165) is 23.7 Å². The molecule has 2 N–H and O–H groups in total. The molecular formula is C28H24Cl2N4O4. The summed E-state index contributed by atoms with van der Waals surface area (Å²) >= 11 is 12.4. The minimum atomic E-state index is -0.717. The molecule has 0 atom stereocenters. The highest BCUT2D eigenvalue weighted by molar-refractivity contribution is 6.53. The molecule has 0 bridgehead atoms. The minimum absolute atomic E-state index is 0.117. The zero-order valence-electron chi connectivity index (χ0n) is 20.5. The number of rotatable bonds is 7. The first-order valence-corrected chi connectivity index (χ1v) is 12.8. The van der Waals surface area contributed by atoms with Crippen molar-refractivity contribution in [2.45, 2.75) is 12.8 Å². The van der Waals surface area contributed by atoms with E-state index >= 15 is 0 Å². The first kappa shape index (κ1) is 25.6. The standard InChI is InChI=1S/C28H24Cl2N4O4/c1-38-23-12-7-18(29)16-22(23)34-27(36)24(30)25(28(34)37)31-20-6-4-5-17(15-20)26(35)32-19-8-10-21(11-9-19)33-13-2-3-14-33/h4-12,15-16,31H,2-3,13-14H2,1H3,(H,32,35). The fourth-order valence-corrected chi connectivity index (χ4v) is 4.86. The third kappa shape index (κ3) is 5.05. The van der Waals surface area contributed by atoms with Crippen LogP contribution in [0.25, 0.3) is 0 Å². The molecule has 1 fully saturated rings. The van der Waals surface area contributed by atoms with Crippen LogP contribution in [0.4, 0.5) is 22.7 Å². The maximum atomic E-state index is 13.2. The van der Waals surface area contributed by atoms with E-state index in [1.165, 1.54) is 26.0 Å². The summed E-state index contributed by atoms with van der Waals surface area (Å²) in [7, 11) is 1.42. The molecule has 0 aliphatic carbocycles. The van der Waals surface area contributed by atoms with Crippen LogP contribution in [0.5, 0.6) is 5.75 Å². The van der Waals surface area contributed by atoms with Crippen LogP contribution < -0.4 is 25.2 Å². The number of hydrogen-bond acceptors (Lipinski definition) is 6. The van der Waals surface area contributed by atoms with Crippen molar-refractivity contribution >= 4 is 63.7 Å². The summed E-state index contributed by atoms with van der Waals surface area (Å²) in [6, 6.07) is 18.9. The lowest BCUT2D eigenvalue weighted by atomic mass is 10.1. The summed E-state index contributed by atoms with van der Waals surface area (Å²) in [6.07, 6.45) is 2.38. The normalized spacial score (nSPS) is 15.3. The number of halogens is 2. The lowest BCUT2D eigenvalue weighted by molar-refractivity contribution is -0.120. The number of carbonyl (C=O) groups is 3. The summed E-state index contributed by atoms with van der Waals surface area (Å²) in [5, 5.41) is 5.82. The number of benzene rings is 3. The van der Waals surface area contributed by atoms with Gasteiger partial charge in [0, 0.05) is 40.7 Å². The van der Waals surface area contributed by atoms with E-state index in [4.69, 9.17) is 27.9 Å². The van der Waals surface area contributed by atoms with Crippen LogP contribution >= 0.6 is 23.2 Å². The number of carbonyl (C=O) groups excluding carboxylic acids is 3. The van der Waals surface area contributed by atoms with Crippen molar-refractivity contribution < 1.29 is 19.1 Å². The van der Waals surface area contributed by atoms with E-state index in [9.17, 15) is 14.4 Å². The van der Waals surface area contributed by atoms with Gasteiger partial charge in [0.15, 0.2) is 0 Å². The first-order chi connectivity index (χ1) is 18.4. The Balaban J connectivity index is 1.31. The monoisotopic (exact) mass is 550 g/mol.